The predicted molar refractivity (Wildman–Crippen MR) is 111 cm³/mol. The second kappa shape index (κ2) is 9.29. The summed E-state index contributed by atoms with van der Waals surface area (Å²) in [4.78, 5) is 2.57. The number of hydrazine groups is 1. The van der Waals surface area contributed by atoms with E-state index < -0.39 is 26.1 Å². The van der Waals surface area contributed by atoms with Crippen molar-refractivity contribution in [1.82, 2.24) is 15.0 Å². The molecular weight excluding hydrogens is 410 g/mol. The maximum atomic E-state index is 12.5. The van der Waals surface area contributed by atoms with E-state index in [0.717, 1.165) is 5.56 Å². The van der Waals surface area contributed by atoms with E-state index in [1.54, 1.807) is 60.7 Å². The van der Waals surface area contributed by atoms with Gasteiger partial charge < -0.3 is 0 Å². The molecule has 0 saturated heterocycles. The molecule has 0 aliphatic heterocycles. The zero-order valence-corrected chi connectivity index (χ0v) is 17.0. The standard InChI is InChI=1S/C20H21N3O4S2/c24-28(25,18-12-6-2-7-13-18)21-16-20(17-10-4-1-5-11-17)22-23-29(26,27)19-14-8-3-9-15-19/h1-15,20-23H,16H2. The molecule has 1 unspecified atom stereocenters. The van der Waals surface area contributed by atoms with Crippen molar-refractivity contribution in [3.8, 4) is 0 Å². The Labute approximate surface area is 170 Å². The normalized spacial score (nSPS) is 13.1. The van der Waals surface area contributed by atoms with E-state index in [1.165, 1.54) is 24.3 Å². The molecule has 0 saturated carbocycles. The third kappa shape index (κ3) is 5.72. The van der Waals surface area contributed by atoms with Gasteiger partial charge in [-0.2, -0.15) is 0 Å². The lowest BCUT2D eigenvalue weighted by molar-refractivity contribution is 0.482. The first kappa shape index (κ1) is 21.2. The minimum Gasteiger partial charge on any atom is -0.235 e. The molecule has 3 rings (SSSR count). The van der Waals surface area contributed by atoms with E-state index in [-0.39, 0.29) is 16.3 Å². The second-order valence-electron chi connectivity index (χ2n) is 6.19. The average molecular weight is 432 g/mol. The van der Waals surface area contributed by atoms with Crippen molar-refractivity contribution < 1.29 is 16.8 Å². The third-order valence-electron chi connectivity index (χ3n) is 4.15. The first-order valence-electron chi connectivity index (χ1n) is 8.80. The highest BCUT2D eigenvalue weighted by atomic mass is 32.2. The molecule has 0 fully saturated rings. The van der Waals surface area contributed by atoms with Crippen LogP contribution in [0.3, 0.4) is 0 Å². The van der Waals surface area contributed by atoms with Gasteiger partial charge in [0.1, 0.15) is 0 Å². The molecular formula is C20H21N3O4S2. The van der Waals surface area contributed by atoms with E-state index in [0.29, 0.717) is 0 Å². The van der Waals surface area contributed by atoms with Crippen LogP contribution in [-0.2, 0) is 20.0 Å². The minimum atomic E-state index is -3.81. The first-order valence-corrected chi connectivity index (χ1v) is 11.8. The van der Waals surface area contributed by atoms with E-state index in [4.69, 9.17) is 0 Å². The Balaban J connectivity index is 1.76. The number of benzene rings is 3. The quantitative estimate of drug-likeness (QED) is 0.451. The summed E-state index contributed by atoms with van der Waals surface area (Å²) in [6.07, 6.45) is 0. The van der Waals surface area contributed by atoms with E-state index in [9.17, 15) is 16.8 Å². The number of rotatable bonds is 9. The molecule has 1 atom stereocenters. The summed E-state index contributed by atoms with van der Waals surface area (Å²) in [5, 5.41) is 0. The Morgan fingerprint density at radius 1 is 0.621 bits per heavy atom. The SMILES string of the molecule is O=S(=O)(NCC(NNS(=O)(=O)c1ccccc1)c1ccccc1)c1ccccc1. The molecule has 0 bridgehead atoms. The molecule has 0 aliphatic rings. The van der Waals surface area contributed by atoms with Crippen LogP contribution in [0.2, 0.25) is 0 Å². The predicted octanol–water partition coefficient (Wildman–Crippen LogP) is 2.19. The molecule has 7 nitrogen and oxygen atoms in total. The number of nitrogens with one attached hydrogen (secondary N) is 3. The van der Waals surface area contributed by atoms with Crippen LogP contribution in [0.4, 0.5) is 0 Å². The topological polar surface area (TPSA) is 104 Å². The lowest BCUT2D eigenvalue weighted by atomic mass is 10.1. The van der Waals surface area contributed by atoms with Crippen LogP contribution in [0.25, 0.3) is 0 Å². The van der Waals surface area contributed by atoms with Crippen LogP contribution in [0, 0.1) is 0 Å². The van der Waals surface area contributed by atoms with Crippen molar-refractivity contribution in [3.05, 3.63) is 96.6 Å². The van der Waals surface area contributed by atoms with Gasteiger partial charge in [-0.15, -0.1) is 4.83 Å². The highest BCUT2D eigenvalue weighted by Crippen LogP contribution is 2.14. The Bertz CT molecular complexity index is 1050. The fraction of sp³-hybridized carbons (Fsp3) is 0.100. The fourth-order valence-corrected chi connectivity index (χ4v) is 4.62. The Kier molecular flexibility index (Phi) is 6.78. The third-order valence-corrected chi connectivity index (χ3v) is 6.87. The molecule has 0 aliphatic carbocycles. The molecule has 0 amide bonds. The molecule has 9 heteroatoms. The van der Waals surface area contributed by atoms with Gasteiger partial charge >= 0.3 is 0 Å². The van der Waals surface area contributed by atoms with E-state index in [1.807, 2.05) is 6.07 Å². The Hall–Kier alpha value is -2.56. The van der Waals surface area contributed by atoms with Crippen LogP contribution in [-0.4, -0.2) is 23.4 Å². The van der Waals surface area contributed by atoms with Crippen molar-refractivity contribution in [1.29, 1.82) is 0 Å². The summed E-state index contributed by atoms with van der Waals surface area (Å²) >= 11 is 0. The number of hydrogen-bond donors (Lipinski definition) is 3. The maximum Gasteiger partial charge on any atom is 0.253 e. The van der Waals surface area contributed by atoms with Gasteiger partial charge in [0.05, 0.1) is 15.8 Å². The summed E-state index contributed by atoms with van der Waals surface area (Å²) in [6.45, 7) is -0.0570. The first-order chi connectivity index (χ1) is 13.9. The highest BCUT2D eigenvalue weighted by Gasteiger charge is 2.20. The van der Waals surface area contributed by atoms with Crippen molar-refractivity contribution in [2.45, 2.75) is 15.8 Å². The zero-order chi connectivity index (χ0) is 20.7. The monoisotopic (exact) mass is 431 g/mol. The van der Waals surface area contributed by atoms with Gasteiger partial charge in [-0.1, -0.05) is 66.7 Å². The molecule has 3 aromatic rings. The van der Waals surface area contributed by atoms with Crippen molar-refractivity contribution in [2.24, 2.45) is 0 Å². The minimum absolute atomic E-state index is 0.0570. The van der Waals surface area contributed by atoms with Crippen molar-refractivity contribution >= 4 is 20.0 Å². The van der Waals surface area contributed by atoms with Crippen LogP contribution in [0.1, 0.15) is 11.6 Å². The summed E-state index contributed by atoms with van der Waals surface area (Å²) in [5.74, 6) is 0. The summed E-state index contributed by atoms with van der Waals surface area (Å²) < 4.78 is 52.5. The molecule has 0 spiro atoms. The van der Waals surface area contributed by atoms with Crippen LogP contribution in [0.5, 0.6) is 0 Å². The summed E-state index contributed by atoms with van der Waals surface area (Å²) in [7, 11) is -7.54. The van der Waals surface area contributed by atoms with Gasteiger partial charge in [0.25, 0.3) is 10.0 Å². The van der Waals surface area contributed by atoms with Gasteiger partial charge in [0.2, 0.25) is 10.0 Å². The van der Waals surface area contributed by atoms with Gasteiger partial charge in [-0.25, -0.2) is 27.0 Å². The number of hydrogen-bond acceptors (Lipinski definition) is 5. The molecule has 3 N–H and O–H groups in total. The Morgan fingerprint density at radius 3 is 1.59 bits per heavy atom. The van der Waals surface area contributed by atoms with Crippen molar-refractivity contribution in [3.63, 3.8) is 0 Å². The average Bonchev–Trinajstić information content (AvgIpc) is 2.75. The molecule has 152 valence electrons. The van der Waals surface area contributed by atoms with Crippen molar-refractivity contribution in [2.75, 3.05) is 6.54 Å². The zero-order valence-electron chi connectivity index (χ0n) is 15.4. The highest BCUT2D eigenvalue weighted by molar-refractivity contribution is 7.89. The van der Waals surface area contributed by atoms with Crippen LogP contribution < -0.4 is 15.0 Å². The molecule has 3 aromatic carbocycles. The van der Waals surface area contributed by atoms with E-state index >= 15 is 0 Å². The fourth-order valence-electron chi connectivity index (χ4n) is 2.62. The molecule has 29 heavy (non-hydrogen) atoms. The van der Waals surface area contributed by atoms with E-state index in [2.05, 4.69) is 15.0 Å². The van der Waals surface area contributed by atoms with Gasteiger partial charge in [-0.3, -0.25) is 0 Å². The lowest BCUT2D eigenvalue weighted by Gasteiger charge is -2.20. The van der Waals surface area contributed by atoms with Crippen LogP contribution in [0.15, 0.2) is 101 Å². The van der Waals surface area contributed by atoms with Gasteiger partial charge in [-0.05, 0) is 29.8 Å². The molecule has 0 radical (unpaired) electrons. The Morgan fingerprint density at radius 2 is 1.07 bits per heavy atom. The van der Waals surface area contributed by atoms with Gasteiger partial charge in [0.15, 0.2) is 0 Å². The molecule has 0 aromatic heterocycles. The largest absolute Gasteiger partial charge is 0.253 e. The maximum absolute atomic E-state index is 12.5. The second-order valence-corrected chi connectivity index (χ2v) is 9.64. The summed E-state index contributed by atoms with van der Waals surface area (Å²) in [5.41, 5.74) is 3.46. The lowest BCUT2D eigenvalue weighted by Crippen LogP contribution is -2.44. The van der Waals surface area contributed by atoms with Gasteiger partial charge in [0, 0.05) is 6.54 Å². The van der Waals surface area contributed by atoms with Crippen LogP contribution >= 0.6 is 0 Å². The molecule has 0 heterocycles. The smallest absolute Gasteiger partial charge is 0.235 e. The summed E-state index contributed by atoms with van der Waals surface area (Å²) in [6, 6.07) is 24.2. The number of sulfonamides is 2.